The Balaban J connectivity index is 1.81. The minimum Gasteiger partial charge on any atom is -0.493 e. The van der Waals surface area contributed by atoms with Crippen LogP contribution in [0.4, 0.5) is 0 Å². The molecular formula is C14H17ClN4OS. The molecule has 0 saturated heterocycles. The molecule has 7 heteroatoms. The monoisotopic (exact) mass is 324 g/mol. The zero-order chi connectivity index (χ0) is 14.8. The van der Waals surface area contributed by atoms with E-state index in [0.717, 1.165) is 52.6 Å². The molecule has 1 aromatic heterocycles. The zero-order valence-corrected chi connectivity index (χ0v) is 13.4. The maximum Gasteiger partial charge on any atom is 0.191 e. The van der Waals surface area contributed by atoms with Crippen LogP contribution in [0.1, 0.15) is 23.9 Å². The summed E-state index contributed by atoms with van der Waals surface area (Å²) < 4.78 is 7.76. The number of hydrogen-bond acceptors (Lipinski definition) is 5. The molecule has 0 atom stereocenters. The van der Waals surface area contributed by atoms with E-state index in [-0.39, 0.29) is 0 Å². The predicted octanol–water partition coefficient (Wildman–Crippen LogP) is 2.64. The second-order valence-electron chi connectivity index (χ2n) is 4.79. The highest BCUT2D eigenvalue weighted by Crippen LogP contribution is 2.36. The quantitative estimate of drug-likeness (QED) is 0.856. The standard InChI is InChI=1S/C14H17ClN4OS/c1-2-19-12(7-16)17-18-14(19)21-8-10-6-11(15)5-9-3-4-20-13(9)10/h5-6H,2-4,7-8,16H2,1H3. The molecule has 0 bridgehead atoms. The summed E-state index contributed by atoms with van der Waals surface area (Å²) in [6.07, 6.45) is 0.927. The first-order valence-corrected chi connectivity index (χ1v) is 8.28. The maximum atomic E-state index is 6.18. The van der Waals surface area contributed by atoms with Crippen molar-refractivity contribution >= 4 is 23.4 Å². The number of nitrogens with zero attached hydrogens (tertiary/aromatic N) is 3. The molecule has 0 aliphatic carbocycles. The number of rotatable bonds is 5. The summed E-state index contributed by atoms with van der Waals surface area (Å²) in [6, 6.07) is 3.95. The van der Waals surface area contributed by atoms with Gasteiger partial charge in [-0.3, -0.25) is 0 Å². The Kier molecular flexibility index (Phi) is 4.37. The van der Waals surface area contributed by atoms with Gasteiger partial charge in [-0.15, -0.1) is 10.2 Å². The summed E-state index contributed by atoms with van der Waals surface area (Å²) in [7, 11) is 0. The summed E-state index contributed by atoms with van der Waals surface area (Å²) in [6.45, 7) is 4.01. The van der Waals surface area contributed by atoms with Crippen molar-refractivity contribution in [2.75, 3.05) is 6.61 Å². The van der Waals surface area contributed by atoms with Crippen LogP contribution in [0.3, 0.4) is 0 Å². The van der Waals surface area contributed by atoms with Crippen molar-refractivity contribution in [2.45, 2.75) is 37.3 Å². The molecule has 0 spiro atoms. The minimum atomic E-state index is 0.400. The fourth-order valence-corrected chi connectivity index (χ4v) is 3.74. The predicted molar refractivity (Wildman–Crippen MR) is 83.8 cm³/mol. The topological polar surface area (TPSA) is 66.0 Å². The Morgan fingerprint density at radius 3 is 3.05 bits per heavy atom. The van der Waals surface area contributed by atoms with E-state index in [9.17, 15) is 0 Å². The number of hydrogen-bond donors (Lipinski definition) is 1. The molecule has 112 valence electrons. The molecule has 5 nitrogen and oxygen atoms in total. The second kappa shape index (κ2) is 6.25. The summed E-state index contributed by atoms with van der Waals surface area (Å²) in [5, 5.41) is 9.97. The molecule has 0 saturated carbocycles. The van der Waals surface area contributed by atoms with Crippen LogP contribution in [0.15, 0.2) is 17.3 Å². The number of fused-ring (bicyclic) bond motifs is 1. The minimum absolute atomic E-state index is 0.400. The Hall–Kier alpha value is -1.24. The molecule has 2 heterocycles. The molecule has 1 aliphatic heterocycles. The van der Waals surface area contributed by atoms with Crippen LogP contribution in [0.5, 0.6) is 5.75 Å². The lowest BCUT2D eigenvalue weighted by atomic mass is 10.1. The van der Waals surface area contributed by atoms with Gasteiger partial charge in [-0.05, 0) is 24.6 Å². The van der Waals surface area contributed by atoms with Crippen LogP contribution in [-0.2, 0) is 25.3 Å². The van der Waals surface area contributed by atoms with Crippen molar-refractivity contribution in [2.24, 2.45) is 5.73 Å². The number of benzene rings is 1. The van der Waals surface area contributed by atoms with Gasteiger partial charge >= 0.3 is 0 Å². The molecule has 2 aromatic rings. The first kappa shape index (κ1) is 14.7. The first-order valence-electron chi connectivity index (χ1n) is 6.92. The van der Waals surface area contributed by atoms with Crippen LogP contribution >= 0.6 is 23.4 Å². The van der Waals surface area contributed by atoms with Gasteiger partial charge in [-0.2, -0.15) is 0 Å². The van der Waals surface area contributed by atoms with E-state index in [2.05, 4.69) is 17.1 Å². The van der Waals surface area contributed by atoms with E-state index in [0.29, 0.717) is 6.54 Å². The molecule has 0 amide bonds. The van der Waals surface area contributed by atoms with Crippen molar-refractivity contribution in [3.05, 3.63) is 34.1 Å². The van der Waals surface area contributed by atoms with E-state index in [4.69, 9.17) is 22.1 Å². The zero-order valence-electron chi connectivity index (χ0n) is 11.8. The first-order chi connectivity index (χ1) is 10.2. The van der Waals surface area contributed by atoms with Gasteiger partial charge in [-0.1, -0.05) is 23.4 Å². The van der Waals surface area contributed by atoms with Crippen LogP contribution in [0, 0.1) is 0 Å². The fraction of sp³-hybridized carbons (Fsp3) is 0.429. The number of nitrogens with two attached hydrogens (primary N) is 1. The smallest absolute Gasteiger partial charge is 0.191 e. The fourth-order valence-electron chi connectivity index (χ4n) is 2.49. The molecule has 0 radical (unpaired) electrons. The lowest BCUT2D eigenvalue weighted by molar-refractivity contribution is 0.354. The molecule has 0 fully saturated rings. The molecule has 2 N–H and O–H groups in total. The van der Waals surface area contributed by atoms with E-state index in [1.165, 1.54) is 5.56 Å². The van der Waals surface area contributed by atoms with E-state index >= 15 is 0 Å². The summed E-state index contributed by atoms with van der Waals surface area (Å²) in [4.78, 5) is 0. The highest BCUT2D eigenvalue weighted by Gasteiger charge is 2.18. The Labute approximate surface area is 132 Å². The van der Waals surface area contributed by atoms with Crippen molar-refractivity contribution in [3.63, 3.8) is 0 Å². The molecular weight excluding hydrogens is 308 g/mol. The summed E-state index contributed by atoms with van der Waals surface area (Å²) in [5.74, 6) is 2.55. The summed E-state index contributed by atoms with van der Waals surface area (Å²) >= 11 is 7.81. The van der Waals surface area contributed by atoms with Crippen LogP contribution in [0.25, 0.3) is 0 Å². The molecule has 3 rings (SSSR count). The van der Waals surface area contributed by atoms with Gasteiger partial charge in [0.2, 0.25) is 0 Å². The largest absolute Gasteiger partial charge is 0.493 e. The van der Waals surface area contributed by atoms with Crippen molar-refractivity contribution in [3.8, 4) is 5.75 Å². The summed E-state index contributed by atoms with van der Waals surface area (Å²) in [5.41, 5.74) is 7.97. The van der Waals surface area contributed by atoms with Crippen molar-refractivity contribution in [1.82, 2.24) is 14.8 Å². The van der Waals surface area contributed by atoms with Gasteiger partial charge in [0, 0.05) is 29.3 Å². The third kappa shape index (κ3) is 2.88. The highest BCUT2D eigenvalue weighted by molar-refractivity contribution is 7.98. The lowest BCUT2D eigenvalue weighted by Gasteiger charge is -2.09. The van der Waals surface area contributed by atoms with Crippen molar-refractivity contribution in [1.29, 1.82) is 0 Å². The van der Waals surface area contributed by atoms with E-state index < -0.39 is 0 Å². The number of thioether (sulfide) groups is 1. The maximum absolute atomic E-state index is 6.18. The van der Waals surface area contributed by atoms with Gasteiger partial charge in [0.05, 0.1) is 13.2 Å². The normalized spacial score (nSPS) is 13.3. The van der Waals surface area contributed by atoms with Gasteiger partial charge < -0.3 is 15.0 Å². The van der Waals surface area contributed by atoms with Crippen LogP contribution in [-0.4, -0.2) is 21.4 Å². The van der Waals surface area contributed by atoms with Gasteiger partial charge in [-0.25, -0.2) is 0 Å². The Morgan fingerprint density at radius 1 is 1.43 bits per heavy atom. The third-order valence-electron chi connectivity index (χ3n) is 3.47. The lowest BCUT2D eigenvalue weighted by Crippen LogP contribution is -2.08. The Bertz CT molecular complexity index is 659. The number of ether oxygens (including phenoxy) is 1. The molecule has 1 aliphatic rings. The van der Waals surface area contributed by atoms with Gasteiger partial charge in [0.1, 0.15) is 11.6 Å². The number of halogens is 1. The van der Waals surface area contributed by atoms with E-state index in [1.54, 1.807) is 11.8 Å². The average Bonchev–Trinajstić information content (AvgIpc) is 3.09. The SMILES string of the molecule is CCn1c(CN)nnc1SCc1cc(Cl)cc2c1OCC2. The molecule has 0 unspecified atom stereocenters. The highest BCUT2D eigenvalue weighted by atomic mass is 35.5. The Morgan fingerprint density at radius 2 is 2.29 bits per heavy atom. The van der Waals surface area contributed by atoms with Crippen LogP contribution in [0.2, 0.25) is 5.02 Å². The van der Waals surface area contributed by atoms with E-state index in [1.807, 2.05) is 16.7 Å². The third-order valence-corrected chi connectivity index (χ3v) is 4.71. The van der Waals surface area contributed by atoms with Crippen LogP contribution < -0.4 is 10.5 Å². The van der Waals surface area contributed by atoms with Gasteiger partial charge in [0.25, 0.3) is 0 Å². The number of aromatic nitrogens is 3. The van der Waals surface area contributed by atoms with Gasteiger partial charge in [0.15, 0.2) is 5.16 Å². The molecule has 1 aromatic carbocycles. The second-order valence-corrected chi connectivity index (χ2v) is 6.17. The van der Waals surface area contributed by atoms with Crippen molar-refractivity contribution < 1.29 is 4.74 Å². The molecule has 21 heavy (non-hydrogen) atoms. The average molecular weight is 325 g/mol.